The number of hydrogen-bond acceptors (Lipinski definition) is 4. The van der Waals surface area contributed by atoms with Gasteiger partial charge in [0.25, 0.3) is 5.91 Å². The molecule has 1 aromatic rings. The summed E-state index contributed by atoms with van der Waals surface area (Å²) in [4.78, 5) is 37.1. The molecular formula is C17H22N4O4. The van der Waals surface area contributed by atoms with Crippen LogP contribution >= 0.6 is 0 Å². The number of hydrazine groups is 1. The van der Waals surface area contributed by atoms with Crippen LogP contribution in [0.3, 0.4) is 0 Å². The number of urea groups is 2. The van der Waals surface area contributed by atoms with Crippen molar-refractivity contribution < 1.29 is 19.1 Å². The molecule has 1 heterocycles. The van der Waals surface area contributed by atoms with Crippen LogP contribution < -0.4 is 20.8 Å². The Balaban J connectivity index is 1.67. The SMILES string of the molecule is COc1ccccc1NC(=O)NN1C(=O)NC2(CCC(C)CC2)C1=O. The third kappa shape index (κ3) is 3.24. The van der Waals surface area contributed by atoms with Crippen LogP contribution in [0, 0.1) is 5.92 Å². The van der Waals surface area contributed by atoms with Gasteiger partial charge < -0.3 is 15.4 Å². The molecule has 0 atom stereocenters. The van der Waals surface area contributed by atoms with Crippen molar-refractivity contribution in [2.75, 3.05) is 12.4 Å². The van der Waals surface area contributed by atoms with Gasteiger partial charge in [-0.2, -0.15) is 5.01 Å². The standard InChI is InChI=1S/C17H22N4O4/c1-11-7-9-17(10-8-11)14(22)21(16(24)19-17)20-15(23)18-12-5-3-4-6-13(12)25-2/h3-6,11H,7-10H2,1-2H3,(H,19,24)(H2,18,20,23). The fraction of sp³-hybridized carbons (Fsp3) is 0.471. The topological polar surface area (TPSA) is 99.8 Å². The van der Waals surface area contributed by atoms with Gasteiger partial charge in [-0.05, 0) is 43.7 Å². The molecule has 0 radical (unpaired) electrons. The molecule has 2 fully saturated rings. The minimum atomic E-state index is -0.888. The summed E-state index contributed by atoms with van der Waals surface area (Å²) in [6.45, 7) is 2.13. The highest BCUT2D eigenvalue weighted by Gasteiger charge is 2.52. The molecule has 0 unspecified atom stereocenters. The quantitative estimate of drug-likeness (QED) is 0.731. The number of amides is 5. The minimum Gasteiger partial charge on any atom is -0.495 e. The molecule has 5 amide bonds. The molecule has 2 aliphatic rings. The molecule has 1 spiro atoms. The highest BCUT2D eigenvalue weighted by Crippen LogP contribution is 2.35. The van der Waals surface area contributed by atoms with Crippen LogP contribution in [0.15, 0.2) is 24.3 Å². The van der Waals surface area contributed by atoms with Gasteiger partial charge in [0.05, 0.1) is 12.8 Å². The number of rotatable bonds is 3. The Hall–Kier alpha value is -2.77. The first-order chi connectivity index (χ1) is 11.9. The summed E-state index contributed by atoms with van der Waals surface area (Å²) in [5.74, 6) is 0.610. The first-order valence-electron chi connectivity index (χ1n) is 8.32. The van der Waals surface area contributed by atoms with Crippen LogP contribution in [-0.4, -0.2) is 35.6 Å². The summed E-state index contributed by atoms with van der Waals surface area (Å²) in [6.07, 6.45) is 2.91. The lowest BCUT2D eigenvalue weighted by molar-refractivity contribution is -0.134. The maximum absolute atomic E-state index is 12.7. The third-order valence-electron chi connectivity index (χ3n) is 4.86. The molecular weight excluding hydrogens is 324 g/mol. The number of methoxy groups -OCH3 is 1. The average molecular weight is 346 g/mol. The molecule has 25 heavy (non-hydrogen) atoms. The molecule has 1 aromatic carbocycles. The number of nitrogens with zero attached hydrogens (tertiary/aromatic N) is 1. The van der Waals surface area contributed by atoms with E-state index in [4.69, 9.17) is 4.74 Å². The maximum Gasteiger partial charge on any atom is 0.344 e. The van der Waals surface area contributed by atoms with Gasteiger partial charge in [0.1, 0.15) is 11.3 Å². The van der Waals surface area contributed by atoms with Crippen LogP contribution in [0.25, 0.3) is 0 Å². The van der Waals surface area contributed by atoms with Crippen LogP contribution in [0.1, 0.15) is 32.6 Å². The average Bonchev–Trinajstić information content (AvgIpc) is 2.82. The lowest BCUT2D eigenvalue weighted by Gasteiger charge is -2.33. The maximum atomic E-state index is 12.7. The molecule has 134 valence electrons. The lowest BCUT2D eigenvalue weighted by atomic mass is 9.77. The zero-order chi connectivity index (χ0) is 18.0. The van der Waals surface area contributed by atoms with Crippen molar-refractivity contribution in [2.45, 2.75) is 38.1 Å². The number of ether oxygens (including phenoxy) is 1. The van der Waals surface area contributed by atoms with Crippen molar-refractivity contribution in [3.8, 4) is 5.75 Å². The fourth-order valence-corrected chi connectivity index (χ4v) is 3.32. The van der Waals surface area contributed by atoms with Crippen LogP contribution in [0.4, 0.5) is 15.3 Å². The molecule has 1 saturated carbocycles. The number of para-hydroxylation sites is 2. The fourth-order valence-electron chi connectivity index (χ4n) is 3.32. The Morgan fingerprint density at radius 1 is 1.28 bits per heavy atom. The van der Waals surface area contributed by atoms with Gasteiger partial charge in [0, 0.05) is 0 Å². The smallest absolute Gasteiger partial charge is 0.344 e. The molecule has 0 bridgehead atoms. The highest BCUT2D eigenvalue weighted by atomic mass is 16.5. The highest BCUT2D eigenvalue weighted by molar-refractivity contribution is 6.08. The summed E-state index contributed by atoms with van der Waals surface area (Å²) in [5, 5.41) is 6.10. The minimum absolute atomic E-state index is 0.403. The molecule has 8 nitrogen and oxygen atoms in total. The molecule has 0 aromatic heterocycles. The van der Waals surface area contributed by atoms with E-state index < -0.39 is 23.5 Å². The predicted octanol–water partition coefficient (Wildman–Crippen LogP) is 2.23. The predicted molar refractivity (Wildman–Crippen MR) is 90.9 cm³/mol. The Morgan fingerprint density at radius 3 is 2.64 bits per heavy atom. The molecule has 3 rings (SSSR count). The molecule has 1 aliphatic carbocycles. The Bertz CT molecular complexity index is 698. The molecule has 1 saturated heterocycles. The first-order valence-corrected chi connectivity index (χ1v) is 8.32. The zero-order valence-corrected chi connectivity index (χ0v) is 14.3. The Labute approximate surface area is 145 Å². The largest absolute Gasteiger partial charge is 0.495 e. The van der Waals surface area contributed by atoms with E-state index in [0.29, 0.717) is 30.2 Å². The molecule has 8 heteroatoms. The van der Waals surface area contributed by atoms with E-state index in [1.165, 1.54) is 7.11 Å². The van der Waals surface area contributed by atoms with Crippen molar-refractivity contribution in [2.24, 2.45) is 5.92 Å². The summed E-state index contributed by atoms with van der Waals surface area (Å²) >= 11 is 0. The Kier molecular flexibility index (Phi) is 4.52. The van der Waals surface area contributed by atoms with Crippen LogP contribution in [-0.2, 0) is 4.79 Å². The van der Waals surface area contributed by atoms with Crippen LogP contribution in [0.5, 0.6) is 5.75 Å². The van der Waals surface area contributed by atoms with E-state index in [9.17, 15) is 14.4 Å². The van der Waals surface area contributed by atoms with Gasteiger partial charge in [-0.3, -0.25) is 4.79 Å². The number of carbonyl (C=O) groups excluding carboxylic acids is 3. The van der Waals surface area contributed by atoms with Crippen LogP contribution in [0.2, 0.25) is 0 Å². The van der Waals surface area contributed by atoms with E-state index in [2.05, 4.69) is 23.0 Å². The second kappa shape index (κ2) is 6.62. The van der Waals surface area contributed by atoms with Gasteiger partial charge in [0.15, 0.2) is 0 Å². The van der Waals surface area contributed by atoms with Crippen molar-refractivity contribution in [3.05, 3.63) is 24.3 Å². The summed E-state index contributed by atoms with van der Waals surface area (Å²) in [7, 11) is 1.49. The number of imide groups is 1. The van der Waals surface area contributed by atoms with Crippen molar-refractivity contribution >= 4 is 23.7 Å². The van der Waals surface area contributed by atoms with E-state index in [-0.39, 0.29) is 0 Å². The van der Waals surface area contributed by atoms with Crippen molar-refractivity contribution in [1.29, 1.82) is 0 Å². The van der Waals surface area contributed by atoms with Gasteiger partial charge in [-0.15, -0.1) is 0 Å². The van der Waals surface area contributed by atoms with Crippen molar-refractivity contribution in [1.82, 2.24) is 15.8 Å². The lowest BCUT2D eigenvalue weighted by Crippen LogP contribution is -2.52. The van der Waals surface area contributed by atoms with Crippen molar-refractivity contribution in [3.63, 3.8) is 0 Å². The second-order valence-electron chi connectivity index (χ2n) is 6.60. The first kappa shape index (κ1) is 17.1. The summed E-state index contributed by atoms with van der Waals surface area (Å²) in [5.41, 5.74) is 1.88. The van der Waals surface area contributed by atoms with E-state index in [1.54, 1.807) is 24.3 Å². The van der Waals surface area contributed by atoms with Gasteiger partial charge in [-0.1, -0.05) is 19.1 Å². The van der Waals surface area contributed by atoms with E-state index in [0.717, 1.165) is 17.9 Å². The number of anilines is 1. The monoisotopic (exact) mass is 346 g/mol. The number of hydrogen-bond donors (Lipinski definition) is 3. The van der Waals surface area contributed by atoms with E-state index in [1.807, 2.05) is 0 Å². The summed E-state index contributed by atoms with van der Waals surface area (Å²) < 4.78 is 5.16. The third-order valence-corrected chi connectivity index (χ3v) is 4.86. The normalized spacial score (nSPS) is 25.7. The number of carbonyl (C=O) groups is 3. The zero-order valence-electron chi connectivity index (χ0n) is 14.3. The van der Waals surface area contributed by atoms with E-state index >= 15 is 0 Å². The molecule has 3 N–H and O–H groups in total. The second-order valence-corrected chi connectivity index (χ2v) is 6.60. The van der Waals surface area contributed by atoms with Gasteiger partial charge in [0.2, 0.25) is 0 Å². The number of nitrogens with one attached hydrogen (secondary N) is 3. The Morgan fingerprint density at radius 2 is 1.96 bits per heavy atom. The summed E-state index contributed by atoms with van der Waals surface area (Å²) in [6, 6.07) is 5.58. The number of benzene rings is 1. The van der Waals surface area contributed by atoms with Gasteiger partial charge >= 0.3 is 12.1 Å². The van der Waals surface area contributed by atoms with Gasteiger partial charge in [-0.25, -0.2) is 15.0 Å². The molecule has 1 aliphatic heterocycles.